The van der Waals surface area contributed by atoms with Crippen LogP contribution >= 0.6 is 0 Å². The van der Waals surface area contributed by atoms with Gasteiger partial charge in [-0.15, -0.1) is 0 Å². The van der Waals surface area contributed by atoms with Crippen LogP contribution in [0.4, 0.5) is 37.8 Å². The van der Waals surface area contributed by atoms with Gasteiger partial charge in [-0.2, -0.15) is 26.3 Å². The first-order valence-corrected chi connectivity index (χ1v) is 6.23. The standard InChI is InChI=1S/C12H13F6N3/c13-11(14,15)7-2-1-3-21(6-7)10-9(12(16,17)18)4-8(19)5-20-10/h4-5,7H,1-3,6,19H2. The van der Waals surface area contributed by atoms with E-state index in [1.54, 1.807) is 0 Å². The molecule has 21 heavy (non-hydrogen) atoms. The molecule has 1 aromatic rings. The molecule has 0 amide bonds. The number of alkyl halides is 6. The molecule has 0 bridgehead atoms. The van der Waals surface area contributed by atoms with Gasteiger partial charge in [0.1, 0.15) is 11.4 Å². The van der Waals surface area contributed by atoms with Crippen molar-refractivity contribution in [3.05, 3.63) is 17.8 Å². The monoisotopic (exact) mass is 313 g/mol. The highest BCUT2D eigenvalue weighted by Gasteiger charge is 2.44. The van der Waals surface area contributed by atoms with Crippen molar-refractivity contribution in [3.63, 3.8) is 0 Å². The summed E-state index contributed by atoms with van der Waals surface area (Å²) in [5.74, 6) is -2.14. The van der Waals surface area contributed by atoms with E-state index in [2.05, 4.69) is 4.98 Å². The van der Waals surface area contributed by atoms with Gasteiger partial charge in [0.05, 0.1) is 17.8 Å². The zero-order chi connectivity index (χ0) is 15.8. The van der Waals surface area contributed by atoms with Gasteiger partial charge < -0.3 is 10.6 Å². The molecule has 1 aromatic heterocycles. The second-order valence-electron chi connectivity index (χ2n) is 4.96. The molecule has 0 aromatic carbocycles. The van der Waals surface area contributed by atoms with Crippen molar-refractivity contribution in [2.24, 2.45) is 5.92 Å². The van der Waals surface area contributed by atoms with Gasteiger partial charge in [-0.05, 0) is 18.9 Å². The molecule has 1 saturated heterocycles. The van der Waals surface area contributed by atoms with Gasteiger partial charge in [0, 0.05) is 13.1 Å². The van der Waals surface area contributed by atoms with Crippen LogP contribution in [0.5, 0.6) is 0 Å². The summed E-state index contributed by atoms with van der Waals surface area (Å²) in [7, 11) is 0. The summed E-state index contributed by atoms with van der Waals surface area (Å²) in [5, 5.41) is 0. The lowest BCUT2D eigenvalue weighted by Gasteiger charge is -2.35. The van der Waals surface area contributed by atoms with E-state index in [4.69, 9.17) is 5.73 Å². The Kier molecular flexibility index (Phi) is 3.94. The number of pyridine rings is 1. The minimum Gasteiger partial charge on any atom is -0.397 e. The Balaban J connectivity index is 2.33. The number of hydrogen-bond acceptors (Lipinski definition) is 3. The average molecular weight is 313 g/mol. The smallest absolute Gasteiger partial charge is 0.397 e. The Hall–Kier alpha value is -1.67. The van der Waals surface area contributed by atoms with E-state index < -0.39 is 36.2 Å². The summed E-state index contributed by atoms with van der Waals surface area (Å²) in [4.78, 5) is 4.63. The molecule has 2 heterocycles. The largest absolute Gasteiger partial charge is 0.420 e. The molecule has 1 fully saturated rings. The summed E-state index contributed by atoms with van der Waals surface area (Å²) in [6.07, 6.45) is -8.06. The Bertz CT molecular complexity index is 511. The van der Waals surface area contributed by atoms with Crippen LogP contribution in [0.15, 0.2) is 12.3 Å². The zero-order valence-corrected chi connectivity index (χ0v) is 10.8. The van der Waals surface area contributed by atoms with Gasteiger partial charge in [-0.1, -0.05) is 0 Å². The minimum atomic E-state index is -4.72. The zero-order valence-electron chi connectivity index (χ0n) is 10.8. The van der Waals surface area contributed by atoms with Crippen LogP contribution in [0, 0.1) is 5.92 Å². The van der Waals surface area contributed by atoms with E-state index in [0.29, 0.717) is 6.07 Å². The molecule has 0 spiro atoms. The lowest BCUT2D eigenvalue weighted by molar-refractivity contribution is -0.176. The van der Waals surface area contributed by atoms with Gasteiger partial charge in [0.15, 0.2) is 0 Å². The van der Waals surface area contributed by atoms with Crippen molar-refractivity contribution in [3.8, 4) is 0 Å². The molecule has 2 N–H and O–H groups in total. The highest BCUT2D eigenvalue weighted by Crippen LogP contribution is 2.39. The molecule has 1 unspecified atom stereocenters. The predicted octanol–water partition coefficient (Wildman–Crippen LogP) is 3.46. The maximum Gasteiger partial charge on any atom is 0.420 e. The van der Waals surface area contributed by atoms with Crippen molar-refractivity contribution in [1.29, 1.82) is 0 Å². The number of nitrogens with zero attached hydrogens (tertiary/aromatic N) is 2. The van der Waals surface area contributed by atoms with Crippen molar-refractivity contribution in [1.82, 2.24) is 4.98 Å². The maximum atomic E-state index is 13.0. The van der Waals surface area contributed by atoms with Gasteiger partial charge in [0.25, 0.3) is 0 Å². The molecule has 118 valence electrons. The lowest BCUT2D eigenvalue weighted by atomic mass is 9.97. The maximum absolute atomic E-state index is 13.0. The first-order chi connectivity index (χ1) is 9.59. The number of aromatic nitrogens is 1. The fourth-order valence-electron chi connectivity index (χ4n) is 2.37. The van der Waals surface area contributed by atoms with Gasteiger partial charge in [-0.3, -0.25) is 0 Å². The Labute approximate surface area is 116 Å². The second-order valence-corrected chi connectivity index (χ2v) is 4.96. The fraction of sp³-hybridized carbons (Fsp3) is 0.583. The van der Waals surface area contributed by atoms with Gasteiger partial charge in [0.2, 0.25) is 0 Å². The van der Waals surface area contributed by atoms with E-state index in [-0.39, 0.29) is 25.1 Å². The van der Waals surface area contributed by atoms with Crippen LogP contribution in [0.25, 0.3) is 0 Å². The van der Waals surface area contributed by atoms with E-state index in [9.17, 15) is 26.3 Å². The number of piperidine rings is 1. The van der Waals surface area contributed by atoms with Crippen molar-refractivity contribution >= 4 is 11.5 Å². The third-order valence-electron chi connectivity index (χ3n) is 3.38. The molecule has 1 aliphatic heterocycles. The number of hydrogen-bond donors (Lipinski definition) is 1. The Morgan fingerprint density at radius 3 is 2.43 bits per heavy atom. The van der Waals surface area contributed by atoms with Crippen molar-refractivity contribution in [2.75, 3.05) is 23.7 Å². The van der Waals surface area contributed by atoms with E-state index >= 15 is 0 Å². The first-order valence-electron chi connectivity index (χ1n) is 6.23. The highest BCUT2D eigenvalue weighted by atomic mass is 19.4. The third-order valence-corrected chi connectivity index (χ3v) is 3.38. The quantitative estimate of drug-likeness (QED) is 0.807. The second kappa shape index (κ2) is 5.27. The molecular weight excluding hydrogens is 300 g/mol. The molecule has 9 heteroatoms. The van der Waals surface area contributed by atoms with E-state index in [1.165, 1.54) is 0 Å². The summed E-state index contributed by atoms with van der Waals surface area (Å²) in [6.45, 7) is -0.421. The molecule has 0 aliphatic carbocycles. The normalized spacial score (nSPS) is 20.7. The van der Waals surface area contributed by atoms with Crippen LogP contribution in [0.1, 0.15) is 18.4 Å². The van der Waals surface area contributed by atoms with Crippen LogP contribution in [-0.2, 0) is 6.18 Å². The predicted molar refractivity (Wildman–Crippen MR) is 64.6 cm³/mol. The van der Waals surface area contributed by atoms with Crippen molar-refractivity contribution in [2.45, 2.75) is 25.2 Å². The summed E-state index contributed by atoms with van der Waals surface area (Å²) >= 11 is 0. The lowest BCUT2D eigenvalue weighted by Crippen LogP contribution is -2.42. The number of nitrogens with two attached hydrogens (primary N) is 1. The first kappa shape index (κ1) is 15.7. The summed E-state index contributed by atoms with van der Waals surface area (Å²) in [5.41, 5.74) is 4.00. The molecule has 1 atom stereocenters. The van der Waals surface area contributed by atoms with Gasteiger partial charge >= 0.3 is 12.4 Å². The van der Waals surface area contributed by atoms with Crippen LogP contribution < -0.4 is 10.6 Å². The number of rotatable bonds is 1. The highest BCUT2D eigenvalue weighted by molar-refractivity contribution is 5.55. The molecule has 1 aliphatic rings. The molecule has 0 saturated carbocycles. The van der Waals surface area contributed by atoms with E-state index in [1.807, 2.05) is 0 Å². The molecule has 3 nitrogen and oxygen atoms in total. The minimum absolute atomic E-state index is 0.0870. The van der Waals surface area contributed by atoms with E-state index in [0.717, 1.165) is 11.1 Å². The Morgan fingerprint density at radius 2 is 1.86 bits per heavy atom. The number of anilines is 2. The summed E-state index contributed by atoms with van der Waals surface area (Å²) < 4.78 is 77.1. The topological polar surface area (TPSA) is 42.1 Å². The average Bonchev–Trinajstić information content (AvgIpc) is 2.37. The van der Waals surface area contributed by atoms with Crippen LogP contribution in [0.2, 0.25) is 0 Å². The third kappa shape index (κ3) is 3.51. The van der Waals surface area contributed by atoms with Crippen LogP contribution in [0.3, 0.4) is 0 Å². The number of nitrogen functional groups attached to an aromatic ring is 1. The van der Waals surface area contributed by atoms with Crippen LogP contribution in [-0.4, -0.2) is 24.2 Å². The molecular formula is C12H13F6N3. The SMILES string of the molecule is Nc1cnc(N2CCCC(C(F)(F)F)C2)c(C(F)(F)F)c1. The molecule has 2 rings (SSSR count). The fourth-order valence-corrected chi connectivity index (χ4v) is 2.37. The Morgan fingerprint density at radius 1 is 1.19 bits per heavy atom. The van der Waals surface area contributed by atoms with Crippen molar-refractivity contribution < 1.29 is 26.3 Å². The molecule has 0 radical (unpaired) electrons. The number of halogens is 6. The van der Waals surface area contributed by atoms with Gasteiger partial charge in [-0.25, -0.2) is 4.98 Å². The summed E-state index contributed by atoms with van der Waals surface area (Å²) in [6, 6.07) is 0.694.